The molecule has 9 heteroatoms. The van der Waals surface area contributed by atoms with Crippen LogP contribution >= 0.6 is 11.6 Å². The summed E-state index contributed by atoms with van der Waals surface area (Å²) in [4.78, 5) is 33.9. The van der Waals surface area contributed by atoms with E-state index >= 15 is 0 Å². The van der Waals surface area contributed by atoms with Crippen LogP contribution in [-0.4, -0.2) is 16.9 Å². The van der Waals surface area contributed by atoms with E-state index in [1.54, 1.807) is 37.3 Å². The van der Waals surface area contributed by atoms with Crippen molar-refractivity contribution >= 4 is 29.3 Å². The molecule has 142 valence electrons. The number of amides is 2. The number of nitrogens with one attached hydrogen (secondary N) is 1. The fourth-order valence-electron chi connectivity index (χ4n) is 2.49. The van der Waals surface area contributed by atoms with Gasteiger partial charge in [-0.1, -0.05) is 35.9 Å². The molecule has 0 unspecified atom stereocenters. The molecule has 0 bridgehead atoms. The van der Waals surface area contributed by atoms with Gasteiger partial charge in [0.1, 0.15) is 6.10 Å². The summed E-state index contributed by atoms with van der Waals surface area (Å²) < 4.78 is 5.35. The Balaban J connectivity index is 2.08. The zero-order valence-corrected chi connectivity index (χ0v) is 15.2. The normalized spacial score (nSPS) is 12.7. The van der Waals surface area contributed by atoms with Gasteiger partial charge in [0.2, 0.25) is 0 Å². The van der Waals surface area contributed by atoms with Crippen molar-refractivity contribution in [1.29, 1.82) is 0 Å². The molecule has 0 spiro atoms. The second-order valence-electron chi connectivity index (χ2n) is 5.80. The van der Waals surface area contributed by atoms with E-state index in [1.807, 2.05) is 0 Å². The van der Waals surface area contributed by atoms with Crippen molar-refractivity contribution in [3.05, 3.63) is 74.8 Å². The van der Waals surface area contributed by atoms with Gasteiger partial charge in [-0.05, 0) is 30.2 Å². The van der Waals surface area contributed by atoms with Crippen LogP contribution < -0.4 is 11.1 Å². The number of ether oxygens (including phenoxy) is 1. The number of halogens is 1. The number of nitro groups is 1. The highest BCUT2D eigenvalue weighted by Gasteiger charge is 2.21. The van der Waals surface area contributed by atoms with Crippen molar-refractivity contribution in [2.24, 2.45) is 5.73 Å². The van der Waals surface area contributed by atoms with Crippen LogP contribution in [0, 0.1) is 10.1 Å². The summed E-state index contributed by atoms with van der Waals surface area (Å²) in [7, 11) is 0. The highest BCUT2D eigenvalue weighted by molar-refractivity contribution is 6.30. The lowest BCUT2D eigenvalue weighted by Crippen LogP contribution is -2.34. The SMILES string of the molecule is C[C@@H](OC(=O)C[C@H](NC(N)=O)c1ccc(Cl)cc1)c1cccc([N+](=O)[O-])c1. The molecule has 8 nitrogen and oxygen atoms in total. The largest absolute Gasteiger partial charge is 0.458 e. The summed E-state index contributed by atoms with van der Waals surface area (Å²) in [6.45, 7) is 1.61. The average molecular weight is 392 g/mol. The molecular weight excluding hydrogens is 374 g/mol. The lowest BCUT2D eigenvalue weighted by Gasteiger charge is -2.19. The van der Waals surface area contributed by atoms with Crippen LogP contribution in [-0.2, 0) is 9.53 Å². The van der Waals surface area contributed by atoms with Gasteiger partial charge in [0.15, 0.2) is 0 Å². The number of nitrogens with zero attached hydrogens (tertiary/aromatic N) is 1. The number of primary amides is 1. The first-order valence-electron chi connectivity index (χ1n) is 8.01. The van der Waals surface area contributed by atoms with Crippen molar-refractivity contribution in [1.82, 2.24) is 5.32 Å². The Morgan fingerprint density at radius 2 is 1.89 bits per heavy atom. The van der Waals surface area contributed by atoms with Gasteiger partial charge in [-0.25, -0.2) is 4.79 Å². The maximum Gasteiger partial charge on any atom is 0.312 e. The Morgan fingerprint density at radius 1 is 1.22 bits per heavy atom. The lowest BCUT2D eigenvalue weighted by atomic mass is 10.0. The zero-order valence-electron chi connectivity index (χ0n) is 14.4. The Bertz CT molecular complexity index is 841. The van der Waals surface area contributed by atoms with Crippen LogP contribution in [0.1, 0.15) is 36.6 Å². The first kappa shape index (κ1) is 20.2. The predicted octanol–water partition coefficient (Wildman–Crippen LogP) is 3.65. The fraction of sp³-hybridized carbons (Fsp3) is 0.222. The minimum absolute atomic E-state index is 0.0927. The van der Waals surface area contributed by atoms with E-state index < -0.39 is 29.1 Å². The van der Waals surface area contributed by atoms with Gasteiger partial charge < -0.3 is 15.8 Å². The molecule has 0 heterocycles. The third kappa shape index (κ3) is 5.96. The average Bonchev–Trinajstić information content (AvgIpc) is 2.61. The Kier molecular flexibility index (Phi) is 6.73. The van der Waals surface area contributed by atoms with Crippen LogP contribution in [0.25, 0.3) is 0 Å². The number of hydrogen-bond donors (Lipinski definition) is 2. The molecule has 0 radical (unpaired) electrons. The highest BCUT2D eigenvalue weighted by Crippen LogP contribution is 2.24. The Labute approximate surface area is 160 Å². The maximum atomic E-state index is 12.3. The molecule has 2 aromatic carbocycles. The number of esters is 1. The van der Waals surface area contributed by atoms with E-state index in [0.717, 1.165) is 0 Å². The number of carbonyl (C=O) groups is 2. The summed E-state index contributed by atoms with van der Waals surface area (Å²) in [6, 6.07) is 11.0. The molecule has 0 aromatic heterocycles. The van der Waals surface area contributed by atoms with E-state index in [-0.39, 0.29) is 12.1 Å². The minimum Gasteiger partial charge on any atom is -0.458 e. The third-order valence-corrected chi connectivity index (χ3v) is 4.07. The lowest BCUT2D eigenvalue weighted by molar-refractivity contribution is -0.385. The van der Waals surface area contributed by atoms with Gasteiger partial charge in [-0.3, -0.25) is 14.9 Å². The number of urea groups is 1. The van der Waals surface area contributed by atoms with Crippen LogP contribution in [0.5, 0.6) is 0 Å². The second-order valence-corrected chi connectivity index (χ2v) is 6.24. The summed E-state index contributed by atoms with van der Waals surface area (Å²) in [6.07, 6.45) is -0.860. The van der Waals surface area contributed by atoms with Gasteiger partial charge in [0.25, 0.3) is 5.69 Å². The fourth-order valence-corrected chi connectivity index (χ4v) is 2.62. The van der Waals surface area contributed by atoms with E-state index in [9.17, 15) is 19.7 Å². The topological polar surface area (TPSA) is 125 Å². The number of nitro benzene ring substituents is 1. The first-order valence-corrected chi connectivity index (χ1v) is 8.39. The molecule has 2 atom stereocenters. The number of non-ortho nitro benzene ring substituents is 1. The second kappa shape index (κ2) is 9.00. The molecule has 2 amide bonds. The molecule has 2 rings (SSSR count). The minimum atomic E-state index is -0.783. The maximum absolute atomic E-state index is 12.3. The van der Waals surface area contributed by atoms with Crippen molar-refractivity contribution in [2.45, 2.75) is 25.5 Å². The van der Waals surface area contributed by atoms with Crippen molar-refractivity contribution < 1.29 is 19.2 Å². The molecule has 2 aromatic rings. The molecule has 3 N–H and O–H groups in total. The van der Waals surface area contributed by atoms with Crippen LogP contribution in [0.15, 0.2) is 48.5 Å². The van der Waals surface area contributed by atoms with Crippen LogP contribution in [0.4, 0.5) is 10.5 Å². The van der Waals surface area contributed by atoms with Gasteiger partial charge >= 0.3 is 12.0 Å². The van der Waals surface area contributed by atoms with Crippen LogP contribution in [0.3, 0.4) is 0 Å². The van der Waals surface area contributed by atoms with Gasteiger partial charge in [0.05, 0.1) is 17.4 Å². The van der Waals surface area contributed by atoms with E-state index in [0.29, 0.717) is 16.1 Å². The first-order chi connectivity index (χ1) is 12.8. The molecular formula is C18H18ClN3O5. The molecule has 0 aliphatic carbocycles. The van der Waals surface area contributed by atoms with Gasteiger partial charge in [-0.2, -0.15) is 0 Å². The van der Waals surface area contributed by atoms with E-state index in [2.05, 4.69) is 5.32 Å². The molecule has 0 aliphatic heterocycles. The van der Waals surface area contributed by atoms with Crippen molar-refractivity contribution in [2.75, 3.05) is 0 Å². The summed E-state index contributed by atoms with van der Waals surface area (Å²) >= 11 is 5.85. The summed E-state index contributed by atoms with van der Waals surface area (Å²) in [5, 5.41) is 13.9. The van der Waals surface area contributed by atoms with Gasteiger partial charge in [-0.15, -0.1) is 0 Å². The number of nitrogens with two attached hydrogens (primary N) is 1. The third-order valence-electron chi connectivity index (χ3n) is 3.82. The number of hydrogen-bond acceptors (Lipinski definition) is 5. The molecule has 27 heavy (non-hydrogen) atoms. The Hall–Kier alpha value is -3.13. The molecule has 0 saturated carbocycles. The van der Waals surface area contributed by atoms with Gasteiger partial charge in [0, 0.05) is 17.2 Å². The molecule has 0 aliphatic rings. The monoisotopic (exact) mass is 391 g/mol. The van der Waals surface area contributed by atoms with Crippen molar-refractivity contribution in [3.63, 3.8) is 0 Å². The number of carbonyl (C=O) groups excluding carboxylic acids is 2. The predicted molar refractivity (Wildman–Crippen MR) is 99.1 cm³/mol. The number of benzene rings is 2. The number of rotatable bonds is 7. The van der Waals surface area contributed by atoms with E-state index in [1.165, 1.54) is 18.2 Å². The Morgan fingerprint density at radius 3 is 2.48 bits per heavy atom. The van der Waals surface area contributed by atoms with Crippen LogP contribution in [0.2, 0.25) is 5.02 Å². The molecule has 0 saturated heterocycles. The van der Waals surface area contributed by atoms with Crippen molar-refractivity contribution in [3.8, 4) is 0 Å². The molecule has 0 fully saturated rings. The summed E-state index contributed by atoms with van der Waals surface area (Å²) in [5.41, 5.74) is 6.22. The smallest absolute Gasteiger partial charge is 0.312 e. The van der Waals surface area contributed by atoms with E-state index in [4.69, 9.17) is 22.1 Å². The highest BCUT2D eigenvalue weighted by atomic mass is 35.5. The summed E-state index contributed by atoms with van der Waals surface area (Å²) in [5.74, 6) is -0.595. The quantitative estimate of drug-likeness (QED) is 0.423. The standard InChI is InChI=1S/C18H18ClN3O5/c1-11(13-3-2-4-15(9-13)22(25)26)27-17(23)10-16(21-18(20)24)12-5-7-14(19)8-6-12/h2-9,11,16H,10H2,1H3,(H3,20,21,24)/t11-,16+/m1/s1. The zero-order chi connectivity index (χ0) is 20.0.